The number of hydrogen-bond acceptors (Lipinski definition) is 4. The van der Waals surface area contributed by atoms with E-state index in [1.165, 1.54) is 0 Å². The number of nitrogens with one attached hydrogen (secondary N) is 1. The molecule has 2 amide bonds. The Kier molecular flexibility index (Phi) is 7.78. The van der Waals surface area contributed by atoms with Crippen LogP contribution in [0.25, 0.3) is 11.0 Å². The molecule has 0 unspecified atom stereocenters. The SMILES string of the molecule is Cc1ccc([C@@H](C(=O)NCCC(C)C)N(C(=O)Cn2nnc3ccccc32)c2ccc(C)cc2)cc1. The number of nitrogens with zero attached hydrogens (tertiary/aromatic N) is 4. The summed E-state index contributed by atoms with van der Waals surface area (Å²) in [6, 6.07) is 22.1. The highest BCUT2D eigenvalue weighted by Gasteiger charge is 2.33. The van der Waals surface area contributed by atoms with Gasteiger partial charge in [0.05, 0.1) is 5.52 Å². The van der Waals surface area contributed by atoms with Crippen molar-refractivity contribution < 1.29 is 9.59 Å². The molecule has 0 spiro atoms. The molecule has 0 saturated carbocycles. The van der Waals surface area contributed by atoms with E-state index in [0.717, 1.165) is 28.6 Å². The van der Waals surface area contributed by atoms with Crippen LogP contribution in [0.1, 0.15) is 43.0 Å². The van der Waals surface area contributed by atoms with E-state index < -0.39 is 6.04 Å². The maximum Gasteiger partial charge on any atom is 0.249 e. The van der Waals surface area contributed by atoms with Crippen LogP contribution >= 0.6 is 0 Å². The molecule has 1 atom stereocenters. The summed E-state index contributed by atoms with van der Waals surface area (Å²) < 4.78 is 1.59. The molecule has 0 bridgehead atoms. The summed E-state index contributed by atoms with van der Waals surface area (Å²) in [6.45, 7) is 8.73. The lowest BCUT2D eigenvalue weighted by atomic mass is 10.0. The van der Waals surface area contributed by atoms with Crippen molar-refractivity contribution in [1.82, 2.24) is 20.3 Å². The first-order chi connectivity index (χ1) is 17.3. The maximum atomic E-state index is 14.0. The standard InChI is InChI=1S/C29H33N5O2/c1-20(2)17-18-30-29(36)28(23-13-9-21(3)10-14-23)34(24-15-11-22(4)12-16-24)27(35)19-33-26-8-6-5-7-25(26)31-32-33/h5-16,20,28H,17-19H2,1-4H3,(H,30,36)/t28-/m0/s1. The molecule has 4 rings (SSSR count). The van der Waals surface area contributed by atoms with Crippen molar-refractivity contribution in [3.63, 3.8) is 0 Å². The lowest BCUT2D eigenvalue weighted by Crippen LogP contribution is -2.45. The number of benzene rings is 3. The number of fused-ring (bicyclic) bond motifs is 1. The van der Waals surface area contributed by atoms with E-state index >= 15 is 0 Å². The summed E-state index contributed by atoms with van der Waals surface area (Å²) in [6.07, 6.45) is 0.857. The highest BCUT2D eigenvalue weighted by Crippen LogP contribution is 2.29. The van der Waals surface area contributed by atoms with Crippen LogP contribution in [0.4, 0.5) is 5.69 Å². The van der Waals surface area contributed by atoms with Gasteiger partial charge in [-0.25, -0.2) is 4.68 Å². The highest BCUT2D eigenvalue weighted by atomic mass is 16.2. The summed E-state index contributed by atoms with van der Waals surface area (Å²) in [7, 11) is 0. The molecule has 3 aromatic carbocycles. The first kappa shape index (κ1) is 25.1. The van der Waals surface area contributed by atoms with Gasteiger partial charge in [-0.15, -0.1) is 5.10 Å². The van der Waals surface area contributed by atoms with Gasteiger partial charge in [0.1, 0.15) is 18.1 Å². The van der Waals surface area contributed by atoms with Gasteiger partial charge in [-0.05, 0) is 56.0 Å². The van der Waals surface area contributed by atoms with Crippen LogP contribution in [0.15, 0.2) is 72.8 Å². The van der Waals surface area contributed by atoms with Crippen LogP contribution < -0.4 is 10.2 Å². The zero-order chi connectivity index (χ0) is 25.7. The lowest BCUT2D eigenvalue weighted by molar-refractivity contribution is -0.127. The van der Waals surface area contributed by atoms with E-state index in [2.05, 4.69) is 29.5 Å². The van der Waals surface area contributed by atoms with Crippen molar-refractivity contribution in [2.75, 3.05) is 11.4 Å². The molecule has 4 aromatic rings. The minimum Gasteiger partial charge on any atom is -0.354 e. The summed E-state index contributed by atoms with van der Waals surface area (Å²) in [4.78, 5) is 29.2. The number of aryl methyl sites for hydroxylation is 2. The zero-order valence-electron chi connectivity index (χ0n) is 21.3. The van der Waals surface area contributed by atoms with E-state index in [-0.39, 0.29) is 18.4 Å². The Hall–Kier alpha value is -4.00. The lowest BCUT2D eigenvalue weighted by Gasteiger charge is -2.32. The molecule has 1 heterocycles. The third kappa shape index (κ3) is 5.79. The van der Waals surface area contributed by atoms with Crippen LogP contribution in [0.3, 0.4) is 0 Å². The number of amides is 2. The second kappa shape index (κ2) is 11.2. The molecular weight excluding hydrogens is 450 g/mol. The maximum absolute atomic E-state index is 14.0. The summed E-state index contributed by atoms with van der Waals surface area (Å²) in [5.41, 5.74) is 5.04. The fraction of sp³-hybridized carbons (Fsp3) is 0.310. The highest BCUT2D eigenvalue weighted by molar-refractivity contribution is 6.01. The van der Waals surface area contributed by atoms with Crippen molar-refractivity contribution >= 4 is 28.5 Å². The topological polar surface area (TPSA) is 80.1 Å². The number of para-hydroxylation sites is 1. The Morgan fingerprint density at radius 2 is 1.56 bits per heavy atom. The molecule has 0 aliphatic carbocycles. The van der Waals surface area contributed by atoms with Gasteiger partial charge < -0.3 is 5.32 Å². The predicted molar refractivity (Wildman–Crippen MR) is 143 cm³/mol. The van der Waals surface area contributed by atoms with Gasteiger partial charge in [0.2, 0.25) is 11.8 Å². The zero-order valence-corrected chi connectivity index (χ0v) is 21.3. The molecule has 0 aliphatic rings. The molecule has 1 aromatic heterocycles. The first-order valence-corrected chi connectivity index (χ1v) is 12.3. The van der Waals surface area contributed by atoms with Gasteiger partial charge in [0.25, 0.3) is 0 Å². The summed E-state index contributed by atoms with van der Waals surface area (Å²) >= 11 is 0. The monoisotopic (exact) mass is 483 g/mol. The molecular formula is C29H33N5O2. The number of rotatable bonds is 9. The van der Waals surface area contributed by atoms with Crippen molar-refractivity contribution in [2.24, 2.45) is 5.92 Å². The molecule has 1 N–H and O–H groups in total. The summed E-state index contributed by atoms with van der Waals surface area (Å²) in [5.74, 6) is -0.00507. The Balaban J connectivity index is 1.75. The molecule has 36 heavy (non-hydrogen) atoms. The molecule has 0 fully saturated rings. The largest absolute Gasteiger partial charge is 0.354 e. The fourth-order valence-corrected chi connectivity index (χ4v) is 4.13. The van der Waals surface area contributed by atoms with Crippen LogP contribution in [-0.4, -0.2) is 33.4 Å². The number of hydrogen-bond donors (Lipinski definition) is 1. The number of carbonyl (C=O) groups is 2. The molecule has 7 heteroatoms. The van der Waals surface area contributed by atoms with Crippen molar-refractivity contribution in [2.45, 2.75) is 46.7 Å². The van der Waals surface area contributed by atoms with Crippen LogP contribution in [-0.2, 0) is 16.1 Å². The van der Waals surface area contributed by atoms with Gasteiger partial charge in [0, 0.05) is 12.2 Å². The van der Waals surface area contributed by atoms with E-state index in [0.29, 0.717) is 23.7 Å². The van der Waals surface area contributed by atoms with Crippen molar-refractivity contribution in [3.8, 4) is 0 Å². The van der Waals surface area contributed by atoms with E-state index in [1.807, 2.05) is 86.6 Å². The third-order valence-electron chi connectivity index (χ3n) is 6.21. The molecule has 7 nitrogen and oxygen atoms in total. The van der Waals surface area contributed by atoms with Gasteiger partial charge >= 0.3 is 0 Å². The Morgan fingerprint density at radius 1 is 0.917 bits per heavy atom. The van der Waals surface area contributed by atoms with Gasteiger partial charge in [-0.1, -0.05) is 78.7 Å². The number of anilines is 1. The smallest absolute Gasteiger partial charge is 0.249 e. The normalized spacial score (nSPS) is 12.0. The fourth-order valence-electron chi connectivity index (χ4n) is 4.13. The van der Waals surface area contributed by atoms with Crippen LogP contribution in [0.2, 0.25) is 0 Å². The second-order valence-corrected chi connectivity index (χ2v) is 9.62. The third-order valence-corrected chi connectivity index (χ3v) is 6.21. The van der Waals surface area contributed by atoms with E-state index in [9.17, 15) is 9.59 Å². The molecule has 0 saturated heterocycles. The van der Waals surface area contributed by atoms with Crippen molar-refractivity contribution in [3.05, 3.63) is 89.5 Å². The Morgan fingerprint density at radius 3 is 2.22 bits per heavy atom. The average Bonchev–Trinajstić information content (AvgIpc) is 3.26. The minimum atomic E-state index is -0.831. The van der Waals surface area contributed by atoms with Gasteiger partial charge in [-0.2, -0.15) is 0 Å². The molecule has 0 aliphatic heterocycles. The number of carbonyl (C=O) groups excluding carboxylic acids is 2. The summed E-state index contributed by atoms with van der Waals surface area (Å²) in [5, 5.41) is 11.4. The molecule has 186 valence electrons. The van der Waals surface area contributed by atoms with E-state index in [4.69, 9.17) is 0 Å². The number of aromatic nitrogens is 3. The second-order valence-electron chi connectivity index (χ2n) is 9.62. The minimum absolute atomic E-state index is 0.0456. The van der Waals surface area contributed by atoms with Crippen LogP contribution in [0.5, 0.6) is 0 Å². The molecule has 0 radical (unpaired) electrons. The van der Waals surface area contributed by atoms with Gasteiger partial charge in [-0.3, -0.25) is 14.5 Å². The van der Waals surface area contributed by atoms with E-state index in [1.54, 1.807) is 9.58 Å². The first-order valence-electron chi connectivity index (χ1n) is 12.3. The Bertz CT molecular complexity index is 1330. The Labute approximate surface area is 212 Å². The average molecular weight is 484 g/mol. The quantitative estimate of drug-likeness (QED) is 0.364. The van der Waals surface area contributed by atoms with Gasteiger partial charge in [0.15, 0.2) is 0 Å². The van der Waals surface area contributed by atoms with Crippen molar-refractivity contribution in [1.29, 1.82) is 0 Å². The predicted octanol–water partition coefficient (Wildman–Crippen LogP) is 4.98. The van der Waals surface area contributed by atoms with Crippen LogP contribution in [0, 0.1) is 19.8 Å².